The lowest BCUT2D eigenvalue weighted by molar-refractivity contribution is 0.754. The summed E-state index contributed by atoms with van der Waals surface area (Å²) >= 11 is 0. The van der Waals surface area contributed by atoms with E-state index in [1.165, 1.54) is 5.56 Å². The number of benzene rings is 1. The minimum Gasteiger partial charge on any atom is -0.344 e. The Labute approximate surface area is 102 Å². The topological polar surface area (TPSA) is 54.7 Å². The van der Waals surface area contributed by atoms with Crippen LogP contribution >= 0.6 is 0 Å². The number of nitrogens with zero attached hydrogens (tertiary/aromatic N) is 1. The van der Waals surface area contributed by atoms with Crippen LogP contribution in [0.5, 0.6) is 0 Å². The zero-order chi connectivity index (χ0) is 12.4. The molecule has 0 saturated carbocycles. The number of H-pyrrole nitrogens is 1. The third-order valence-electron chi connectivity index (χ3n) is 2.97. The number of rotatable bonds is 3. The fraction of sp³-hybridized carbons (Fsp3) is 0.357. The van der Waals surface area contributed by atoms with Gasteiger partial charge in [-0.3, -0.25) is 0 Å². The van der Waals surface area contributed by atoms with Crippen molar-refractivity contribution in [3.8, 4) is 11.3 Å². The van der Waals surface area contributed by atoms with Crippen molar-refractivity contribution in [3.05, 3.63) is 41.3 Å². The SMILES string of the molecule is CCc1ccc(-c2nc(C(C)N)[nH]c2C)cc1. The van der Waals surface area contributed by atoms with Crippen LogP contribution in [-0.4, -0.2) is 9.97 Å². The Morgan fingerprint density at radius 1 is 1.29 bits per heavy atom. The minimum atomic E-state index is -0.0580. The number of hydrogen-bond donors (Lipinski definition) is 2. The van der Waals surface area contributed by atoms with E-state index >= 15 is 0 Å². The molecule has 1 aromatic carbocycles. The van der Waals surface area contributed by atoms with E-state index in [4.69, 9.17) is 5.73 Å². The summed E-state index contributed by atoms with van der Waals surface area (Å²) in [4.78, 5) is 7.79. The van der Waals surface area contributed by atoms with Crippen LogP contribution in [0, 0.1) is 6.92 Å². The van der Waals surface area contributed by atoms with Gasteiger partial charge in [-0.2, -0.15) is 0 Å². The number of nitrogens with one attached hydrogen (secondary N) is 1. The first kappa shape index (κ1) is 11.9. The Balaban J connectivity index is 2.38. The molecular formula is C14H19N3. The van der Waals surface area contributed by atoms with Gasteiger partial charge in [0, 0.05) is 11.3 Å². The molecule has 2 rings (SSSR count). The van der Waals surface area contributed by atoms with Gasteiger partial charge in [0.25, 0.3) is 0 Å². The summed E-state index contributed by atoms with van der Waals surface area (Å²) in [6, 6.07) is 8.47. The molecule has 17 heavy (non-hydrogen) atoms. The van der Waals surface area contributed by atoms with Gasteiger partial charge in [0.2, 0.25) is 0 Å². The fourth-order valence-corrected chi connectivity index (χ4v) is 1.88. The van der Waals surface area contributed by atoms with Crippen molar-refractivity contribution in [2.75, 3.05) is 0 Å². The van der Waals surface area contributed by atoms with Crippen LogP contribution < -0.4 is 5.73 Å². The smallest absolute Gasteiger partial charge is 0.123 e. The Morgan fingerprint density at radius 3 is 2.41 bits per heavy atom. The van der Waals surface area contributed by atoms with Crippen molar-refractivity contribution in [2.24, 2.45) is 5.73 Å². The molecule has 1 atom stereocenters. The van der Waals surface area contributed by atoms with Crippen molar-refractivity contribution < 1.29 is 0 Å². The molecule has 3 nitrogen and oxygen atoms in total. The van der Waals surface area contributed by atoms with Gasteiger partial charge in [0.15, 0.2) is 0 Å². The van der Waals surface area contributed by atoms with Crippen molar-refractivity contribution >= 4 is 0 Å². The molecular weight excluding hydrogens is 210 g/mol. The maximum absolute atomic E-state index is 5.83. The molecule has 0 fully saturated rings. The summed E-state index contributed by atoms with van der Waals surface area (Å²) in [5.41, 5.74) is 10.4. The molecule has 1 heterocycles. The molecule has 90 valence electrons. The van der Waals surface area contributed by atoms with Crippen LogP contribution in [0.1, 0.15) is 37.0 Å². The fourth-order valence-electron chi connectivity index (χ4n) is 1.88. The highest BCUT2D eigenvalue weighted by atomic mass is 15.0. The summed E-state index contributed by atoms with van der Waals surface area (Å²) in [5, 5.41) is 0. The summed E-state index contributed by atoms with van der Waals surface area (Å²) in [7, 11) is 0. The van der Waals surface area contributed by atoms with Gasteiger partial charge in [-0.15, -0.1) is 0 Å². The largest absolute Gasteiger partial charge is 0.344 e. The van der Waals surface area contributed by atoms with Gasteiger partial charge in [0.1, 0.15) is 5.82 Å². The number of nitrogens with two attached hydrogens (primary N) is 1. The number of aromatic amines is 1. The Hall–Kier alpha value is -1.61. The van der Waals surface area contributed by atoms with Crippen LogP contribution in [0.25, 0.3) is 11.3 Å². The third-order valence-corrected chi connectivity index (χ3v) is 2.97. The summed E-state index contributed by atoms with van der Waals surface area (Å²) in [6.45, 7) is 6.12. The first-order valence-electron chi connectivity index (χ1n) is 6.03. The van der Waals surface area contributed by atoms with Crippen molar-refractivity contribution in [3.63, 3.8) is 0 Å². The lowest BCUT2D eigenvalue weighted by Crippen LogP contribution is -2.06. The second-order valence-corrected chi connectivity index (χ2v) is 4.43. The van der Waals surface area contributed by atoms with E-state index in [-0.39, 0.29) is 6.04 Å². The molecule has 3 heteroatoms. The zero-order valence-corrected chi connectivity index (χ0v) is 10.6. The van der Waals surface area contributed by atoms with Crippen molar-refractivity contribution in [1.29, 1.82) is 0 Å². The lowest BCUT2D eigenvalue weighted by Gasteiger charge is -2.01. The van der Waals surface area contributed by atoms with E-state index in [2.05, 4.69) is 41.2 Å². The zero-order valence-electron chi connectivity index (χ0n) is 10.6. The molecule has 3 N–H and O–H groups in total. The predicted molar refractivity (Wildman–Crippen MR) is 70.7 cm³/mol. The highest BCUT2D eigenvalue weighted by Crippen LogP contribution is 2.23. The highest BCUT2D eigenvalue weighted by molar-refractivity contribution is 5.62. The standard InChI is InChI=1S/C14H19N3/c1-4-11-5-7-12(8-6-11)13-10(3)16-14(17-13)9(2)15/h5-9H,4,15H2,1-3H3,(H,16,17). The van der Waals surface area contributed by atoms with Gasteiger partial charge in [-0.25, -0.2) is 4.98 Å². The maximum atomic E-state index is 5.83. The van der Waals surface area contributed by atoms with E-state index in [9.17, 15) is 0 Å². The first-order valence-corrected chi connectivity index (χ1v) is 6.03. The number of imidazole rings is 1. The highest BCUT2D eigenvalue weighted by Gasteiger charge is 2.11. The van der Waals surface area contributed by atoms with Gasteiger partial charge in [-0.1, -0.05) is 31.2 Å². The third kappa shape index (κ3) is 2.39. The average Bonchev–Trinajstić information content (AvgIpc) is 2.72. The molecule has 0 aliphatic heterocycles. The molecule has 0 bridgehead atoms. The summed E-state index contributed by atoms with van der Waals surface area (Å²) in [5.74, 6) is 0.845. The van der Waals surface area contributed by atoms with Crippen LogP contribution in [0.2, 0.25) is 0 Å². The van der Waals surface area contributed by atoms with E-state index in [1.54, 1.807) is 0 Å². The Kier molecular flexibility index (Phi) is 3.29. The van der Waals surface area contributed by atoms with Crippen molar-refractivity contribution in [1.82, 2.24) is 9.97 Å². The molecule has 1 unspecified atom stereocenters. The second-order valence-electron chi connectivity index (χ2n) is 4.43. The first-order chi connectivity index (χ1) is 8.11. The van der Waals surface area contributed by atoms with E-state index in [1.807, 2.05) is 13.8 Å². The maximum Gasteiger partial charge on any atom is 0.123 e. The van der Waals surface area contributed by atoms with Gasteiger partial charge in [0.05, 0.1) is 11.7 Å². The molecule has 0 spiro atoms. The van der Waals surface area contributed by atoms with Crippen molar-refractivity contribution in [2.45, 2.75) is 33.2 Å². The van der Waals surface area contributed by atoms with Crippen LogP contribution in [0.3, 0.4) is 0 Å². The predicted octanol–water partition coefficient (Wildman–Crippen LogP) is 2.97. The number of aryl methyl sites for hydroxylation is 2. The van der Waals surface area contributed by atoms with E-state index in [0.717, 1.165) is 29.2 Å². The molecule has 2 aromatic rings. The number of aromatic nitrogens is 2. The van der Waals surface area contributed by atoms with E-state index < -0.39 is 0 Å². The summed E-state index contributed by atoms with van der Waals surface area (Å²) < 4.78 is 0. The molecule has 0 saturated heterocycles. The van der Waals surface area contributed by atoms with E-state index in [0.29, 0.717) is 0 Å². The molecule has 0 aliphatic carbocycles. The van der Waals surface area contributed by atoms with Crippen LogP contribution in [-0.2, 0) is 6.42 Å². The average molecular weight is 229 g/mol. The lowest BCUT2D eigenvalue weighted by atomic mass is 10.1. The monoisotopic (exact) mass is 229 g/mol. The molecule has 0 amide bonds. The number of hydrogen-bond acceptors (Lipinski definition) is 2. The Morgan fingerprint density at radius 2 is 1.94 bits per heavy atom. The normalized spacial score (nSPS) is 12.7. The van der Waals surface area contributed by atoms with Crippen LogP contribution in [0.15, 0.2) is 24.3 Å². The minimum absolute atomic E-state index is 0.0580. The molecule has 0 radical (unpaired) electrons. The van der Waals surface area contributed by atoms with Crippen LogP contribution in [0.4, 0.5) is 0 Å². The molecule has 0 aliphatic rings. The quantitative estimate of drug-likeness (QED) is 0.850. The molecule has 1 aromatic heterocycles. The van der Waals surface area contributed by atoms with Gasteiger partial charge in [-0.05, 0) is 25.8 Å². The summed E-state index contributed by atoms with van der Waals surface area (Å²) in [6.07, 6.45) is 1.06. The van der Waals surface area contributed by atoms with Gasteiger partial charge >= 0.3 is 0 Å². The second kappa shape index (κ2) is 4.72. The van der Waals surface area contributed by atoms with Gasteiger partial charge < -0.3 is 10.7 Å². The Bertz CT molecular complexity index is 495.